The Balaban J connectivity index is 1.76. The lowest BCUT2D eigenvalue weighted by Crippen LogP contribution is -2.43. The number of ether oxygens (including phenoxy) is 1. The lowest BCUT2D eigenvalue weighted by atomic mass is 9.78. The number of esters is 1. The van der Waals surface area contributed by atoms with Crippen LogP contribution in [0.5, 0.6) is 0 Å². The second kappa shape index (κ2) is 5.57. The monoisotopic (exact) mass is 273 g/mol. The molecule has 0 spiro atoms. The van der Waals surface area contributed by atoms with Crippen LogP contribution in [0.1, 0.15) is 43.2 Å². The van der Waals surface area contributed by atoms with Crippen molar-refractivity contribution in [3.8, 4) is 0 Å². The first-order chi connectivity index (χ1) is 9.70. The fraction of sp³-hybridized carbons (Fsp3) is 0.588. The summed E-state index contributed by atoms with van der Waals surface area (Å²) in [7, 11) is 0. The Morgan fingerprint density at radius 3 is 2.80 bits per heavy atom. The fourth-order valence-corrected chi connectivity index (χ4v) is 3.59. The van der Waals surface area contributed by atoms with Gasteiger partial charge in [0.05, 0.1) is 6.61 Å². The van der Waals surface area contributed by atoms with Gasteiger partial charge >= 0.3 is 5.97 Å². The van der Waals surface area contributed by atoms with Crippen LogP contribution in [0.15, 0.2) is 24.3 Å². The minimum Gasteiger partial charge on any atom is -0.464 e. The van der Waals surface area contributed by atoms with Gasteiger partial charge in [-0.25, -0.2) is 0 Å². The summed E-state index contributed by atoms with van der Waals surface area (Å²) in [6, 6.07) is 8.74. The molecular formula is C17H23NO2. The van der Waals surface area contributed by atoms with Crippen LogP contribution >= 0.6 is 0 Å². The van der Waals surface area contributed by atoms with Gasteiger partial charge in [0.2, 0.25) is 0 Å². The predicted molar refractivity (Wildman–Crippen MR) is 78.7 cm³/mol. The molecule has 20 heavy (non-hydrogen) atoms. The van der Waals surface area contributed by atoms with Crippen molar-refractivity contribution in [3.05, 3.63) is 35.4 Å². The quantitative estimate of drug-likeness (QED) is 0.857. The molecule has 1 aromatic carbocycles. The molecule has 0 bridgehead atoms. The van der Waals surface area contributed by atoms with Crippen molar-refractivity contribution < 1.29 is 9.53 Å². The molecule has 1 saturated carbocycles. The predicted octanol–water partition coefficient (Wildman–Crippen LogP) is 2.71. The summed E-state index contributed by atoms with van der Waals surface area (Å²) in [4.78, 5) is 11.6. The standard InChI is InChI=1S/C17H23NO2/c1-13-5-4-6-14(11-13)17(8-2-3-9-17)12-18-15-7-10-20-16(15)19/h4-6,11,15,18H,2-3,7-10,12H2,1H3/t15-/m0/s1. The lowest BCUT2D eigenvalue weighted by Gasteiger charge is -2.31. The molecule has 0 unspecified atom stereocenters. The first-order valence-electron chi connectivity index (χ1n) is 7.67. The average Bonchev–Trinajstić information content (AvgIpc) is 3.06. The Labute approximate surface area is 120 Å². The number of carbonyl (C=O) groups excluding carboxylic acids is 1. The van der Waals surface area contributed by atoms with E-state index >= 15 is 0 Å². The van der Waals surface area contributed by atoms with Gasteiger partial charge in [0, 0.05) is 18.4 Å². The maximum Gasteiger partial charge on any atom is 0.323 e. The highest BCUT2D eigenvalue weighted by molar-refractivity contribution is 5.77. The normalized spacial score (nSPS) is 24.9. The van der Waals surface area contributed by atoms with E-state index in [2.05, 4.69) is 36.5 Å². The van der Waals surface area contributed by atoms with Crippen molar-refractivity contribution >= 4 is 5.97 Å². The molecule has 2 aliphatic rings. The molecule has 3 heteroatoms. The summed E-state index contributed by atoms with van der Waals surface area (Å²) in [6.07, 6.45) is 5.80. The highest BCUT2D eigenvalue weighted by Crippen LogP contribution is 2.41. The first-order valence-corrected chi connectivity index (χ1v) is 7.67. The maximum absolute atomic E-state index is 11.6. The zero-order chi connectivity index (χ0) is 14.0. The van der Waals surface area contributed by atoms with Crippen molar-refractivity contribution in [2.75, 3.05) is 13.2 Å². The van der Waals surface area contributed by atoms with Gasteiger partial charge in [-0.2, -0.15) is 0 Å². The van der Waals surface area contributed by atoms with Gasteiger partial charge in [-0.3, -0.25) is 4.79 Å². The molecule has 1 saturated heterocycles. The molecule has 3 rings (SSSR count). The van der Waals surface area contributed by atoms with Gasteiger partial charge in [-0.15, -0.1) is 0 Å². The van der Waals surface area contributed by atoms with Crippen molar-refractivity contribution in [2.24, 2.45) is 0 Å². The molecule has 1 aliphatic carbocycles. The molecule has 2 fully saturated rings. The Bertz CT molecular complexity index is 492. The largest absolute Gasteiger partial charge is 0.464 e. The molecule has 0 aromatic heterocycles. The van der Waals surface area contributed by atoms with Crippen LogP contribution in [0.3, 0.4) is 0 Å². The van der Waals surface area contributed by atoms with Crippen LogP contribution in [-0.4, -0.2) is 25.2 Å². The molecule has 0 radical (unpaired) electrons. The van der Waals surface area contributed by atoms with Crippen LogP contribution in [0.25, 0.3) is 0 Å². The third kappa shape index (κ3) is 2.59. The number of cyclic esters (lactones) is 1. The van der Waals surface area contributed by atoms with E-state index in [-0.39, 0.29) is 17.4 Å². The minimum absolute atomic E-state index is 0.0811. The Morgan fingerprint density at radius 1 is 1.35 bits per heavy atom. The van der Waals surface area contributed by atoms with E-state index < -0.39 is 0 Å². The molecule has 0 amide bonds. The molecule has 3 nitrogen and oxygen atoms in total. The molecule has 1 aliphatic heterocycles. The van der Waals surface area contributed by atoms with Crippen LogP contribution < -0.4 is 5.32 Å². The second-order valence-corrected chi connectivity index (χ2v) is 6.25. The Hall–Kier alpha value is -1.35. The van der Waals surface area contributed by atoms with Crippen LogP contribution in [0.4, 0.5) is 0 Å². The topological polar surface area (TPSA) is 38.3 Å². The van der Waals surface area contributed by atoms with E-state index in [9.17, 15) is 4.79 Å². The SMILES string of the molecule is Cc1cccc(C2(CN[C@H]3CCOC3=O)CCCC2)c1. The van der Waals surface area contributed by atoms with Crippen LogP contribution in [-0.2, 0) is 14.9 Å². The number of aryl methyl sites for hydroxylation is 1. The molecule has 1 atom stereocenters. The van der Waals surface area contributed by atoms with E-state index in [1.807, 2.05) is 0 Å². The van der Waals surface area contributed by atoms with E-state index in [0.717, 1.165) is 13.0 Å². The lowest BCUT2D eigenvalue weighted by molar-refractivity contribution is -0.139. The van der Waals surface area contributed by atoms with Gasteiger partial charge in [-0.05, 0) is 25.3 Å². The van der Waals surface area contributed by atoms with E-state index in [0.29, 0.717) is 6.61 Å². The van der Waals surface area contributed by atoms with Crippen molar-refractivity contribution in [2.45, 2.75) is 50.5 Å². The fourth-order valence-electron chi connectivity index (χ4n) is 3.59. The average molecular weight is 273 g/mol. The van der Waals surface area contributed by atoms with Crippen molar-refractivity contribution in [1.82, 2.24) is 5.32 Å². The highest BCUT2D eigenvalue weighted by atomic mass is 16.5. The number of nitrogens with one attached hydrogen (secondary N) is 1. The van der Waals surface area contributed by atoms with Gasteiger partial charge < -0.3 is 10.1 Å². The molecule has 1 heterocycles. The van der Waals surface area contributed by atoms with E-state index in [1.165, 1.54) is 36.8 Å². The summed E-state index contributed by atoms with van der Waals surface area (Å²) < 4.78 is 5.04. The molecule has 108 valence electrons. The van der Waals surface area contributed by atoms with Gasteiger partial charge in [-0.1, -0.05) is 42.7 Å². The van der Waals surface area contributed by atoms with Gasteiger partial charge in [0.25, 0.3) is 0 Å². The minimum atomic E-state index is -0.0997. The molecular weight excluding hydrogens is 250 g/mol. The first kappa shape index (κ1) is 13.6. The number of carbonyl (C=O) groups is 1. The van der Waals surface area contributed by atoms with Gasteiger partial charge in [0.1, 0.15) is 6.04 Å². The summed E-state index contributed by atoms with van der Waals surface area (Å²) in [6.45, 7) is 3.60. The number of benzene rings is 1. The van der Waals surface area contributed by atoms with Gasteiger partial charge in [0.15, 0.2) is 0 Å². The van der Waals surface area contributed by atoms with Crippen molar-refractivity contribution in [3.63, 3.8) is 0 Å². The third-order valence-electron chi connectivity index (χ3n) is 4.81. The smallest absolute Gasteiger partial charge is 0.323 e. The van der Waals surface area contributed by atoms with Crippen LogP contribution in [0.2, 0.25) is 0 Å². The summed E-state index contributed by atoms with van der Waals surface area (Å²) in [5.41, 5.74) is 2.94. The Kier molecular flexibility index (Phi) is 3.79. The number of hydrogen-bond acceptors (Lipinski definition) is 3. The summed E-state index contributed by atoms with van der Waals surface area (Å²) in [5.74, 6) is -0.0811. The molecule has 1 aromatic rings. The Morgan fingerprint density at radius 2 is 2.15 bits per heavy atom. The highest BCUT2D eigenvalue weighted by Gasteiger charge is 2.37. The van der Waals surface area contributed by atoms with Crippen molar-refractivity contribution in [1.29, 1.82) is 0 Å². The summed E-state index contributed by atoms with van der Waals surface area (Å²) >= 11 is 0. The zero-order valence-electron chi connectivity index (χ0n) is 12.2. The molecule has 1 N–H and O–H groups in total. The van der Waals surface area contributed by atoms with E-state index in [4.69, 9.17) is 4.74 Å². The third-order valence-corrected chi connectivity index (χ3v) is 4.81. The summed E-state index contributed by atoms with van der Waals surface area (Å²) in [5, 5.41) is 3.46. The number of rotatable bonds is 4. The zero-order valence-corrected chi connectivity index (χ0v) is 12.2. The van der Waals surface area contributed by atoms with E-state index in [1.54, 1.807) is 0 Å². The van der Waals surface area contributed by atoms with Crippen LogP contribution in [0, 0.1) is 6.92 Å². The second-order valence-electron chi connectivity index (χ2n) is 6.25. The maximum atomic E-state index is 11.6. The number of hydrogen-bond donors (Lipinski definition) is 1.